The van der Waals surface area contributed by atoms with Crippen LogP contribution < -0.4 is 10.6 Å². The highest BCUT2D eigenvalue weighted by atomic mass is 16.2. The summed E-state index contributed by atoms with van der Waals surface area (Å²) in [6.07, 6.45) is 2.69. The maximum Gasteiger partial charge on any atom is 0.291 e. The zero-order chi connectivity index (χ0) is 19.5. The summed E-state index contributed by atoms with van der Waals surface area (Å²) in [5.41, 5.74) is 3.64. The number of hydrogen-bond acceptors (Lipinski definition) is 3. The number of aromatic nitrogens is 2. The highest BCUT2D eigenvalue weighted by Gasteiger charge is 2.27. The molecule has 0 radical (unpaired) electrons. The summed E-state index contributed by atoms with van der Waals surface area (Å²) in [6.45, 7) is 2.66. The first-order chi connectivity index (χ1) is 13.6. The summed E-state index contributed by atoms with van der Waals surface area (Å²) in [5, 5.41) is 5.77. The van der Waals surface area contributed by atoms with Gasteiger partial charge in [-0.15, -0.1) is 0 Å². The predicted molar refractivity (Wildman–Crippen MR) is 109 cm³/mol. The van der Waals surface area contributed by atoms with Gasteiger partial charge >= 0.3 is 0 Å². The minimum Gasteiger partial charge on any atom is -0.323 e. The maximum atomic E-state index is 12.9. The standard InChI is InChI=1S/C22H22N4O2/c1-15-8-7-11-17(14-15)24-22(28)20-25-19(18-12-5-6-13-26(18)20)21(27)23-16-9-3-2-4-10-16/h2-4,7-11,14H,5-6,12-13H2,1H3,(H,23,27)(H,24,28). The first-order valence-electron chi connectivity index (χ1n) is 9.45. The van der Waals surface area contributed by atoms with E-state index in [1.165, 1.54) is 0 Å². The Morgan fingerprint density at radius 1 is 0.929 bits per heavy atom. The molecule has 2 heterocycles. The predicted octanol–water partition coefficient (Wildman–Crippen LogP) is 4.03. The molecule has 6 heteroatoms. The van der Waals surface area contributed by atoms with Crippen molar-refractivity contribution < 1.29 is 9.59 Å². The van der Waals surface area contributed by atoms with Crippen LogP contribution in [0.2, 0.25) is 0 Å². The number of nitrogens with zero attached hydrogens (tertiary/aromatic N) is 2. The van der Waals surface area contributed by atoms with Crippen LogP contribution in [0, 0.1) is 6.92 Å². The van der Waals surface area contributed by atoms with Crippen LogP contribution in [0.5, 0.6) is 0 Å². The van der Waals surface area contributed by atoms with Crippen molar-refractivity contribution in [1.82, 2.24) is 9.55 Å². The molecule has 142 valence electrons. The van der Waals surface area contributed by atoms with Crippen molar-refractivity contribution in [3.05, 3.63) is 77.4 Å². The Balaban J connectivity index is 1.63. The molecule has 1 aliphatic heterocycles. The molecule has 0 aliphatic carbocycles. The van der Waals surface area contributed by atoms with E-state index in [0.29, 0.717) is 23.6 Å². The fraction of sp³-hybridized carbons (Fsp3) is 0.227. The number of rotatable bonds is 4. The third kappa shape index (κ3) is 3.67. The molecule has 28 heavy (non-hydrogen) atoms. The van der Waals surface area contributed by atoms with E-state index in [2.05, 4.69) is 15.6 Å². The van der Waals surface area contributed by atoms with E-state index in [-0.39, 0.29) is 17.6 Å². The Labute approximate surface area is 163 Å². The summed E-state index contributed by atoms with van der Waals surface area (Å²) < 4.78 is 1.88. The lowest BCUT2D eigenvalue weighted by molar-refractivity contribution is 0.101. The summed E-state index contributed by atoms with van der Waals surface area (Å²) in [5.74, 6) is -0.298. The van der Waals surface area contributed by atoms with Crippen molar-refractivity contribution >= 4 is 23.2 Å². The second-order valence-corrected chi connectivity index (χ2v) is 6.98. The molecular weight excluding hydrogens is 352 g/mol. The fourth-order valence-electron chi connectivity index (χ4n) is 3.52. The Bertz CT molecular complexity index is 1020. The van der Waals surface area contributed by atoms with E-state index in [9.17, 15) is 9.59 Å². The van der Waals surface area contributed by atoms with Crippen molar-refractivity contribution in [2.24, 2.45) is 0 Å². The van der Waals surface area contributed by atoms with Crippen molar-refractivity contribution in [3.8, 4) is 0 Å². The van der Waals surface area contributed by atoms with Crippen molar-refractivity contribution in [3.63, 3.8) is 0 Å². The fourth-order valence-corrected chi connectivity index (χ4v) is 3.52. The Morgan fingerprint density at radius 2 is 1.68 bits per heavy atom. The number of nitrogens with one attached hydrogen (secondary N) is 2. The molecule has 0 spiro atoms. The molecular formula is C22H22N4O2. The third-order valence-electron chi connectivity index (χ3n) is 4.84. The molecule has 2 N–H and O–H groups in total. The van der Waals surface area contributed by atoms with Gasteiger partial charge in [0.05, 0.1) is 5.69 Å². The first-order valence-corrected chi connectivity index (χ1v) is 9.45. The lowest BCUT2D eigenvalue weighted by Gasteiger charge is -2.17. The van der Waals surface area contributed by atoms with Crippen LogP contribution in [-0.2, 0) is 13.0 Å². The summed E-state index contributed by atoms with van der Waals surface area (Å²) in [6, 6.07) is 16.9. The number of para-hydroxylation sites is 1. The largest absolute Gasteiger partial charge is 0.323 e. The highest BCUT2D eigenvalue weighted by Crippen LogP contribution is 2.23. The summed E-state index contributed by atoms with van der Waals surface area (Å²) in [4.78, 5) is 30.1. The highest BCUT2D eigenvalue weighted by molar-refractivity contribution is 6.07. The van der Waals surface area contributed by atoms with Gasteiger partial charge in [-0.1, -0.05) is 30.3 Å². The number of fused-ring (bicyclic) bond motifs is 1. The number of carbonyl (C=O) groups excluding carboxylic acids is 2. The van der Waals surface area contributed by atoms with E-state index < -0.39 is 0 Å². The SMILES string of the molecule is Cc1cccc(NC(=O)c2nc(C(=O)Nc3ccccc3)c3n2CCCC3)c1. The van der Waals surface area contributed by atoms with Crippen LogP contribution in [0.3, 0.4) is 0 Å². The van der Waals surface area contributed by atoms with Gasteiger partial charge in [0, 0.05) is 17.9 Å². The molecule has 1 aliphatic rings. The number of carbonyl (C=O) groups is 2. The molecule has 0 unspecified atom stereocenters. The number of amides is 2. The lowest BCUT2D eigenvalue weighted by Crippen LogP contribution is -2.21. The minimum atomic E-state index is -0.299. The quantitative estimate of drug-likeness (QED) is 0.724. The van der Waals surface area contributed by atoms with Gasteiger partial charge in [-0.25, -0.2) is 4.98 Å². The monoisotopic (exact) mass is 374 g/mol. The molecule has 2 aromatic carbocycles. The Kier molecular flexibility index (Phi) is 4.93. The van der Waals surface area contributed by atoms with Crippen LogP contribution in [-0.4, -0.2) is 21.4 Å². The van der Waals surface area contributed by atoms with Crippen LogP contribution in [0.25, 0.3) is 0 Å². The van der Waals surface area contributed by atoms with Gasteiger partial charge < -0.3 is 15.2 Å². The average molecular weight is 374 g/mol. The van der Waals surface area contributed by atoms with Crippen LogP contribution in [0.15, 0.2) is 54.6 Å². The molecule has 4 rings (SSSR count). The molecule has 0 atom stereocenters. The number of anilines is 2. The average Bonchev–Trinajstić information content (AvgIpc) is 3.09. The molecule has 6 nitrogen and oxygen atoms in total. The summed E-state index contributed by atoms with van der Waals surface area (Å²) >= 11 is 0. The first kappa shape index (κ1) is 18.0. The molecule has 3 aromatic rings. The van der Waals surface area contributed by atoms with Crippen LogP contribution in [0.4, 0.5) is 11.4 Å². The topological polar surface area (TPSA) is 76.0 Å². The van der Waals surface area contributed by atoms with Crippen LogP contribution in [0.1, 0.15) is 45.2 Å². The van der Waals surface area contributed by atoms with E-state index in [1.807, 2.05) is 66.1 Å². The zero-order valence-electron chi connectivity index (χ0n) is 15.7. The van der Waals surface area contributed by atoms with E-state index >= 15 is 0 Å². The van der Waals surface area contributed by atoms with Gasteiger partial charge in [-0.05, 0) is 56.0 Å². The minimum absolute atomic E-state index is 0.286. The van der Waals surface area contributed by atoms with Gasteiger partial charge in [-0.2, -0.15) is 0 Å². The normalized spacial score (nSPS) is 12.9. The van der Waals surface area contributed by atoms with Gasteiger partial charge in [0.1, 0.15) is 0 Å². The second-order valence-electron chi connectivity index (χ2n) is 6.98. The molecule has 0 saturated heterocycles. The second kappa shape index (κ2) is 7.68. The third-order valence-corrected chi connectivity index (χ3v) is 4.84. The lowest BCUT2D eigenvalue weighted by atomic mass is 10.1. The molecule has 0 bridgehead atoms. The Morgan fingerprint density at radius 3 is 2.46 bits per heavy atom. The van der Waals surface area contributed by atoms with Crippen LogP contribution >= 0.6 is 0 Å². The maximum absolute atomic E-state index is 12.9. The molecule has 2 amide bonds. The zero-order valence-corrected chi connectivity index (χ0v) is 15.7. The van der Waals surface area contributed by atoms with Gasteiger partial charge in [-0.3, -0.25) is 9.59 Å². The number of aryl methyl sites for hydroxylation is 1. The van der Waals surface area contributed by atoms with Crippen molar-refractivity contribution in [1.29, 1.82) is 0 Å². The van der Waals surface area contributed by atoms with E-state index in [4.69, 9.17) is 0 Å². The Hall–Kier alpha value is -3.41. The van der Waals surface area contributed by atoms with Gasteiger partial charge in [0.2, 0.25) is 0 Å². The number of imidazole rings is 1. The van der Waals surface area contributed by atoms with E-state index in [1.54, 1.807) is 0 Å². The summed E-state index contributed by atoms with van der Waals surface area (Å²) in [7, 11) is 0. The van der Waals surface area contributed by atoms with E-state index in [0.717, 1.165) is 30.5 Å². The molecule has 1 aromatic heterocycles. The van der Waals surface area contributed by atoms with Gasteiger partial charge in [0.15, 0.2) is 11.5 Å². The molecule has 0 fully saturated rings. The smallest absolute Gasteiger partial charge is 0.291 e. The number of benzene rings is 2. The van der Waals surface area contributed by atoms with Crippen molar-refractivity contribution in [2.75, 3.05) is 10.6 Å². The van der Waals surface area contributed by atoms with Gasteiger partial charge in [0.25, 0.3) is 11.8 Å². The molecule has 0 saturated carbocycles. The number of hydrogen-bond donors (Lipinski definition) is 2. The van der Waals surface area contributed by atoms with Crippen molar-refractivity contribution in [2.45, 2.75) is 32.7 Å².